The Bertz CT molecular complexity index is 696. The lowest BCUT2D eigenvalue weighted by atomic mass is 9.95. The van der Waals surface area contributed by atoms with E-state index in [1.54, 1.807) is 0 Å². The Morgan fingerprint density at radius 3 is 1.96 bits per heavy atom. The number of Topliss-reactive ketones (excluding diaryl/α,β-unsaturated/α-hetero) is 1. The lowest BCUT2D eigenvalue weighted by Gasteiger charge is -2.16. The van der Waals surface area contributed by atoms with Crippen LogP contribution in [0.3, 0.4) is 0 Å². The average Bonchev–Trinajstić information content (AvgIpc) is 2.60. The van der Waals surface area contributed by atoms with Crippen molar-refractivity contribution in [1.29, 1.82) is 0 Å². The minimum absolute atomic E-state index is 0.0212. The number of ketones is 1. The van der Waals surface area contributed by atoms with E-state index in [4.69, 9.17) is 18.9 Å². The van der Waals surface area contributed by atoms with E-state index in [-0.39, 0.29) is 24.7 Å². The van der Waals surface area contributed by atoms with Crippen molar-refractivity contribution < 1.29 is 38.3 Å². The van der Waals surface area contributed by atoms with E-state index in [0.717, 1.165) is 6.07 Å². The van der Waals surface area contributed by atoms with E-state index in [0.29, 0.717) is 0 Å². The number of nitrogens with zero attached hydrogens (tertiary/aromatic N) is 1. The monoisotopic (exact) mass is 369 g/mol. The van der Waals surface area contributed by atoms with E-state index in [9.17, 15) is 24.5 Å². The van der Waals surface area contributed by atoms with Crippen molar-refractivity contribution >= 4 is 23.4 Å². The summed E-state index contributed by atoms with van der Waals surface area (Å²) in [6, 6.07) is 2.25. The van der Waals surface area contributed by atoms with Gasteiger partial charge < -0.3 is 18.9 Å². The molecule has 10 nitrogen and oxygen atoms in total. The zero-order valence-electron chi connectivity index (χ0n) is 14.8. The molecule has 0 amide bonds. The normalized spacial score (nSPS) is 10.2. The van der Waals surface area contributed by atoms with Crippen LogP contribution in [0.15, 0.2) is 12.1 Å². The molecule has 0 saturated carbocycles. The first-order valence-corrected chi connectivity index (χ1v) is 7.60. The van der Waals surface area contributed by atoms with Crippen molar-refractivity contribution in [3.63, 3.8) is 0 Å². The van der Waals surface area contributed by atoms with Crippen molar-refractivity contribution in [3.8, 4) is 11.5 Å². The Morgan fingerprint density at radius 2 is 1.58 bits per heavy atom. The van der Waals surface area contributed by atoms with Gasteiger partial charge in [-0.3, -0.25) is 24.5 Å². The summed E-state index contributed by atoms with van der Waals surface area (Å²) in [5.74, 6) is -5.79. The molecule has 0 aliphatic carbocycles. The number of hydrogen-bond acceptors (Lipinski definition) is 9. The fourth-order valence-corrected chi connectivity index (χ4v) is 2.21. The van der Waals surface area contributed by atoms with E-state index >= 15 is 0 Å². The highest BCUT2D eigenvalue weighted by atomic mass is 16.6. The quantitative estimate of drug-likeness (QED) is 0.209. The second-order valence-corrected chi connectivity index (χ2v) is 4.75. The van der Waals surface area contributed by atoms with Gasteiger partial charge in [0.1, 0.15) is 5.56 Å². The summed E-state index contributed by atoms with van der Waals surface area (Å²) in [4.78, 5) is 47.7. The number of methoxy groups -OCH3 is 2. The second kappa shape index (κ2) is 9.35. The first-order chi connectivity index (χ1) is 12.3. The maximum atomic E-state index is 12.9. The fourth-order valence-electron chi connectivity index (χ4n) is 2.21. The summed E-state index contributed by atoms with van der Waals surface area (Å²) in [6.45, 7) is 2.77. The number of nitro groups is 1. The molecule has 0 N–H and O–H groups in total. The lowest BCUT2D eigenvalue weighted by Crippen LogP contribution is -2.35. The molecule has 0 fully saturated rings. The first-order valence-electron chi connectivity index (χ1n) is 7.60. The number of carbonyl (C=O) groups excluding carboxylic acids is 3. The van der Waals surface area contributed by atoms with Gasteiger partial charge in [-0.15, -0.1) is 0 Å². The Morgan fingerprint density at radius 1 is 1.04 bits per heavy atom. The molecule has 1 aromatic carbocycles. The summed E-state index contributed by atoms with van der Waals surface area (Å²) in [5, 5.41) is 11.3. The highest BCUT2D eigenvalue weighted by molar-refractivity contribution is 6.23. The van der Waals surface area contributed by atoms with Gasteiger partial charge >= 0.3 is 11.9 Å². The number of esters is 2. The van der Waals surface area contributed by atoms with Crippen LogP contribution in [-0.4, -0.2) is 50.1 Å². The van der Waals surface area contributed by atoms with E-state index in [2.05, 4.69) is 0 Å². The molecule has 0 spiro atoms. The topological polar surface area (TPSA) is 131 Å². The van der Waals surface area contributed by atoms with Crippen LogP contribution in [0, 0.1) is 16.0 Å². The first kappa shape index (κ1) is 20.9. The molecule has 1 aromatic rings. The molecule has 0 aliphatic rings. The molecule has 0 heterocycles. The number of benzene rings is 1. The molecule has 0 radical (unpaired) electrons. The third kappa shape index (κ3) is 4.26. The van der Waals surface area contributed by atoms with Crippen LogP contribution >= 0.6 is 0 Å². The molecule has 10 heteroatoms. The fraction of sp³-hybridized carbons (Fsp3) is 0.438. The van der Waals surface area contributed by atoms with Crippen molar-refractivity contribution in [3.05, 3.63) is 27.8 Å². The van der Waals surface area contributed by atoms with Crippen LogP contribution in [0.4, 0.5) is 5.69 Å². The van der Waals surface area contributed by atoms with Crippen LogP contribution in [0.5, 0.6) is 11.5 Å². The largest absolute Gasteiger partial charge is 0.493 e. The van der Waals surface area contributed by atoms with Gasteiger partial charge in [0.15, 0.2) is 17.3 Å². The van der Waals surface area contributed by atoms with Gasteiger partial charge in [-0.2, -0.15) is 0 Å². The standard InChI is InChI=1S/C16H19NO9/c1-5-25-15(19)12(16(20)26-6-2)13(18)11-9(17(21)22)7-8-10(23-3)14(11)24-4/h7-8,12H,5-6H2,1-4H3. The van der Waals surface area contributed by atoms with E-state index in [1.807, 2.05) is 0 Å². The van der Waals surface area contributed by atoms with Crippen LogP contribution in [-0.2, 0) is 19.1 Å². The molecule has 0 saturated heterocycles. The van der Waals surface area contributed by atoms with Gasteiger partial charge in [0, 0.05) is 6.07 Å². The molecule has 142 valence electrons. The Balaban J connectivity index is 3.61. The number of nitro benzene ring substituents is 1. The minimum atomic E-state index is -2.02. The summed E-state index contributed by atoms with van der Waals surface area (Å²) in [7, 11) is 2.44. The zero-order chi connectivity index (χ0) is 19.9. The van der Waals surface area contributed by atoms with Gasteiger partial charge in [-0.25, -0.2) is 0 Å². The number of ether oxygens (including phenoxy) is 4. The molecular weight excluding hydrogens is 350 g/mol. The zero-order valence-corrected chi connectivity index (χ0v) is 14.8. The van der Waals surface area contributed by atoms with Crippen molar-refractivity contribution in [2.24, 2.45) is 5.92 Å². The Hall–Kier alpha value is -3.17. The third-order valence-electron chi connectivity index (χ3n) is 3.27. The van der Waals surface area contributed by atoms with E-state index in [1.165, 1.54) is 34.1 Å². The predicted molar refractivity (Wildman–Crippen MR) is 87.3 cm³/mol. The molecule has 0 unspecified atom stereocenters. The van der Waals surface area contributed by atoms with Crippen molar-refractivity contribution in [1.82, 2.24) is 0 Å². The lowest BCUT2D eigenvalue weighted by molar-refractivity contribution is -0.385. The third-order valence-corrected chi connectivity index (χ3v) is 3.27. The summed E-state index contributed by atoms with van der Waals surface area (Å²) < 4.78 is 19.6. The SMILES string of the molecule is CCOC(=O)C(C(=O)OCC)C(=O)c1c([N+](=O)[O-])ccc(OC)c1OC. The molecule has 1 rings (SSSR count). The summed E-state index contributed by atoms with van der Waals surface area (Å²) in [6.07, 6.45) is 0. The Kier molecular flexibility index (Phi) is 7.51. The van der Waals surface area contributed by atoms with Crippen LogP contribution < -0.4 is 9.47 Å². The van der Waals surface area contributed by atoms with Crippen LogP contribution in [0.2, 0.25) is 0 Å². The highest BCUT2D eigenvalue weighted by Gasteiger charge is 2.42. The van der Waals surface area contributed by atoms with Gasteiger partial charge in [0.25, 0.3) is 5.69 Å². The van der Waals surface area contributed by atoms with Crippen LogP contribution in [0.25, 0.3) is 0 Å². The van der Waals surface area contributed by atoms with Gasteiger partial charge in [-0.1, -0.05) is 0 Å². The van der Waals surface area contributed by atoms with Crippen LogP contribution in [0.1, 0.15) is 24.2 Å². The maximum absolute atomic E-state index is 12.9. The highest BCUT2D eigenvalue weighted by Crippen LogP contribution is 2.38. The smallest absolute Gasteiger partial charge is 0.328 e. The van der Waals surface area contributed by atoms with Crippen molar-refractivity contribution in [2.45, 2.75) is 13.8 Å². The summed E-state index contributed by atoms with van der Waals surface area (Å²) >= 11 is 0. The second-order valence-electron chi connectivity index (χ2n) is 4.75. The van der Waals surface area contributed by atoms with E-state index < -0.39 is 39.8 Å². The molecule has 0 bridgehead atoms. The molecule has 26 heavy (non-hydrogen) atoms. The number of carbonyl (C=O) groups is 3. The number of hydrogen-bond donors (Lipinski definition) is 0. The molecular formula is C16H19NO9. The summed E-state index contributed by atoms with van der Waals surface area (Å²) in [5.41, 5.74) is -1.23. The minimum Gasteiger partial charge on any atom is -0.493 e. The molecule has 0 aliphatic heterocycles. The molecule has 0 aromatic heterocycles. The van der Waals surface area contributed by atoms with Gasteiger partial charge in [0.05, 0.1) is 32.4 Å². The average molecular weight is 369 g/mol. The van der Waals surface area contributed by atoms with Crippen molar-refractivity contribution in [2.75, 3.05) is 27.4 Å². The molecule has 0 atom stereocenters. The van der Waals surface area contributed by atoms with Gasteiger partial charge in [-0.05, 0) is 19.9 Å². The Labute approximate surface area is 149 Å². The maximum Gasteiger partial charge on any atom is 0.328 e. The number of rotatable bonds is 9. The predicted octanol–water partition coefficient (Wildman–Crippen LogP) is 1.54. The van der Waals surface area contributed by atoms with Gasteiger partial charge in [0.2, 0.25) is 5.92 Å².